The van der Waals surface area contributed by atoms with Crippen molar-refractivity contribution in [3.05, 3.63) is 111 Å². The minimum absolute atomic E-state index is 0.219. The number of thioether (sulfide) groups is 1. The molecule has 49 heavy (non-hydrogen) atoms. The van der Waals surface area contributed by atoms with Gasteiger partial charge in [0.05, 0.1) is 35.9 Å². The van der Waals surface area contributed by atoms with Gasteiger partial charge in [-0.1, -0.05) is 59.5 Å². The molecule has 2 aliphatic rings. The first-order chi connectivity index (χ1) is 23.7. The molecule has 3 heterocycles. The van der Waals surface area contributed by atoms with Crippen LogP contribution in [0, 0.1) is 5.92 Å². The third-order valence-corrected chi connectivity index (χ3v) is 10.8. The molecule has 5 aromatic rings. The van der Waals surface area contributed by atoms with E-state index in [0.717, 1.165) is 27.0 Å². The molecule has 2 N–H and O–H groups in total. The van der Waals surface area contributed by atoms with E-state index in [1.807, 2.05) is 42.5 Å². The van der Waals surface area contributed by atoms with Gasteiger partial charge in [-0.25, -0.2) is 9.69 Å². The third-order valence-electron chi connectivity index (χ3n) is 8.40. The van der Waals surface area contributed by atoms with Crippen LogP contribution in [-0.4, -0.2) is 54.2 Å². The molecule has 0 spiro atoms. The van der Waals surface area contributed by atoms with Crippen LogP contribution in [0.3, 0.4) is 0 Å². The van der Waals surface area contributed by atoms with Gasteiger partial charge in [0.1, 0.15) is 5.25 Å². The van der Waals surface area contributed by atoms with E-state index in [9.17, 15) is 24.0 Å². The lowest BCUT2D eigenvalue weighted by atomic mass is 9.83. The van der Waals surface area contributed by atoms with Gasteiger partial charge in [-0.15, -0.1) is 0 Å². The average molecular weight is 696 g/mol. The maximum Gasteiger partial charge on any atom is 0.338 e. The molecule has 11 nitrogen and oxygen atoms in total. The summed E-state index contributed by atoms with van der Waals surface area (Å²) < 4.78 is 16.5. The second-order valence-electron chi connectivity index (χ2n) is 11.3. The fourth-order valence-electron chi connectivity index (χ4n) is 6.20. The molecule has 1 saturated heterocycles. The number of hydrogen-bond acceptors (Lipinski definition) is 10. The number of anilines is 2. The zero-order chi connectivity index (χ0) is 34.2. The Bertz CT molecular complexity index is 2180. The van der Waals surface area contributed by atoms with Gasteiger partial charge < -0.3 is 24.5 Å². The van der Waals surface area contributed by atoms with Gasteiger partial charge in [-0.2, -0.15) is 0 Å². The molecular formula is C36H29N3O8S2. The Balaban J connectivity index is 1.14. The lowest BCUT2D eigenvalue weighted by Crippen LogP contribution is -2.32. The van der Waals surface area contributed by atoms with Crippen LogP contribution in [0.5, 0.6) is 11.5 Å². The van der Waals surface area contributed by atoms with Crippen LogP contribution in [0.15, 0.2) is 94.7 Å². The van der Waals surface area contributed by atoms with Crippen molar-refractivity contribution >= 4 is 68.9 Å². The molecule has 2 aliphatic heterocycles. The zero-order valence-corrected chi connectivity index (χ0v) is 27.9. The average Bonchev–Trinajstić information content (AvgIpc) is 3.60. The van der Waals surface area contributed by atoms with Crippen molar-refractivity contribution < 1.29 is 33.4 Å². The van der Waals surface area contributed by atoms with Gasteiger partial charge in [0.2, 0.25) is 11.8 Å². The highest BCUT2D eigenvalue weighted by molar-refractivity contribution is 8.00. The van der Waals surface area contributed by atoms with Crippen LogP contribution in [0.2, 0.25) is 0 Å². The van der Waals surface area contributed by atoms with Crippen molar-refractivity contribution in [2.75, 3.05) is 30.5 Å². The fourth-order valence-corrected chi connectivity index (χ4v) is 8.71. The number of carbonyl (C=O) groups excluding carboxylic acids is 4. The van der Waals surface area contributed by atoms with Gasteiger partial charge >= 0.3 is 10.8 Å². The van der Waals surface area contributed by atoms with Crippen LogP contribution >= 0.6 is 23.1 Å². The van der Waals surface area contributed by atoms with Gasteiger partial charge in [-0.05, 0) is 71.8 Å². The van der Waals surface area contributed by atoms with Crippen LogP contribution in [0.4, 0.5) is 11.4 Å². The molecule has 3 amide bonds. The zero-order valence-electron chi connectivity index (χ0n) is 26.3. The summed E-state index contributed by atoms with van der Waals surface area (Å²) in [6.07, 6.45) is 0. The predicted molar refractivity (Wildman–Crippen MR) is 186 cm³/mol. The van der Waals surface area contributed by atoms with Gasteiger partial charge in [0.25, 0.3) is 5.91 Å². The molecule has 1 aromatic heterocycles. The number of methoxy groups -OCH3 is 1. The monoisotopic (exact) mass is 695 g/mol. The van der Waals surface area contributed by atoms with Crippen molar-refractivity contribution in [2.45, 2.75) is 23.1 Å². The van der Waals surface area contributed by atoms with E-state index < -0.39 is 34.9 Å². The number of hydrogen-bond donors (Lipinski definition) is 2. The summed E-state index contributed by atoms with van der Waals surface area (Å²) >= 11 is 2.16. The summed E-state index contributed by atoms with van der Waals surface area (Å²) in [6.45, 7) is 1.64. The molecular weight excluding hydrogens is 667 g/mol. The van der Waals surface area contributed by atoms with Crippen LogP contribution < -0.4 is 24.6 Å². The first kappa shape index (κ1) is 32.2. The minimum Gasteiger partial charge on any atom is -0.493 e. The van der Waals surface area contributed by atoms with Crippen molar-refractivity contribution in [1.82, 2.24) is 4.98 Å². The normalized spacial score (nSPS) is 18.2. The quantitative estimate of drug-likeness (QED) is 0.149. The summed E-state index contributed by atoms with van der Waals surface area (Å²) in [5.41, 5.74) is 1.91. The first-order valence-electron chi connectivity index (χ1n) is 15.4. The number of nitrogens with zero attached hydrogens (tertiary/aromatic N) is 1. The number of esters is 1. The number of ether oxygens (including phenoxy) is 3. The van der Waals surface area contributed by atoms with E-state index >= 15 is 0 Å². The van der Waals surface area contributed by atoms with Crippen LogP contribution in [0.25, 0.3) is 10.8 Å². The lowest BCUT2D eigenvalue weighted by Gasteiger charge is -2.30. The maximum absolute atomic E-state index is 14.1. The largest absolute Gasteiger partial charge is 0.493 e. The van der Waals surface area contributed by atoms with E-state index in [1.54, 1.807) is 37.3 Å². The van der Waals surface area contributed by atoms with Crippen molar-refractivity contribution in [3.63, 3.8) is 0 Å². The van der Waals surface area contributed by atoms with E-state index in [0.29, 0.717) is 43.9 Å². The van der Waals surface area contributed by atoms with E-state index in [1.165, 1.54) is 31.0 Å². The van der Waals surface area contributed by atoms with Crippen molar-refractivity contribution in [1.29, 1.82) is 0 Å². The Morgan fingerprint density at radius 1 is 0.898 bits per heavy atom. The van der Waals surface area contributed by atoms with Crippen LogP contribution in [-0.2, 0) is 19.1 Å². The number of fused-ring (bicyclic) bond motifs is 3. The number of amides is 3. The first-order valence-corrected chi connectivity index (χ1v) is 17.1. The molecule has 0 radical (unpaired) electrons. The van der Waals surface area contributed by atoms with Crippen molar-refractivity contribution in [2.24, 2.45) is 5.92 Å². The second kappa shape index (κ2) is 13.2. The predicted octanol–water partition coefficient (Wildman–Crippen LogP) is 5.59. The highest BCUT2D eigenvalue weighted by atomic mass is 32.2. The van der Waals surface area contributed by atoms with Gasteiger partial charge in [-0.3, -0.25) is 19.2 Å². The summed E-state index contributed by atoms with van der Waals surface area (Å²) in [5, 5.41) is 4.63. The summed E-state index contributed by atoms with van der Waals surface area (Å²) in [4.78, 5) is 69.7. The van der Waals surface area contributed by atoms with Gasteiger partial charge in [0, 0.05) is 16.5 Å². The molecule has 0 aliphatic carbocycles. The number of nitrogens with one attached hydrogen (secondary N) is 2. The number of benzene rings is 4. The number of aromatic nitrogens is 1. The number of aromatic amines is 1. The number of rotatable bonds is 9. The van der Waals surface area contributed by atoms with E-state index in [2.05, 4.69) is 10.3 Å². The van der Waals surface area contributed by atoms with Crippen molar-refractivity contribution in [3.8, 4) is 11.5 Å². The molecule has 0 unspecified atom stereocenters. The molecule has 7 rings (SSSR count). The third kappa shape index (κ3) is 6.07. The standard InChI is InChI=1S/C36H29N3O8S2/c1-3-46-35(43)20-9-13-24(14-10-20)39-33(41)29-28(30-32(38-36(44)49-30)48-31(29)34(39)42)22-11-15-25(26(17-22)45-2)47-18-27(40)37-23-12-8-19-6-4-5-7-21(19)16-23/h4-17,28-29,31H,3,18H2,1-2H3,(H,37,40)(H,38,44)/t28-,29-,31+/m0/s1. The summed E-state index contributed by atoms with van der Waals surface area (Å²) in [7, 11) is 1.46. The molecule has 1 fully saturated rings. The highest BCUT2D eigenvalue weighted by Gasteiger charge is 2.56. The SMILES string of the molecule is CCOC(=O)c1ccc(N2C(=O)[C@H]3[C@H](c4ccc(OCC(=O)Nc5ccc6ccccc6c5)c(OC)c4)c4sc(=O)[nH]c4S[C@H]3C2=O)cc1. The molecule has 13 heteroatoms. The number of imide groups is 1. The Morgan fingerprint density at radius 3 is 2.43 bits per heavy atom. The Labute approximate surface area is 288 Å². The molecule has 0 bridgehead atoms. The molecule has 0 saturated carbocycles. The maximum atomic E-state index is 14.1. The molecule has 4 aromatic carbocycles. The topological polar surface area (TPSA) is 144 Å². The number of thiazole rings is 1. The Hall–Kier alpha value is -5.40. The van der Waals surface area contributed by atoms with E-state index in [4.69, 9.17) is 14.2 Å². The molecule has 248 valence electrons. The summed E-state index contributed by atoms with van der Waals surface area (Å²) in [5.74, 6) is -2.56. The highest BCUT2D eigenvalue weighted by Crippen LogP contribution is 2.53. The number of carbonyl (C=O) groups is 4. The number of H-pyrrole nitrogens is 1. The van der Waals surface area contributed by atoms with Gasteiger partial charge in [0.15, 0.2) is 18.1 Å². The second-order valence-corrected chi connectivity index (χ2v) is 13.5. The Kier molecular flexibility index (Phi) is 8.69. The van der Waals surface area contributed by atoms with Crippen LogP contribution in [0.1, 0.15) is 33.6 Å². The minimum atomic E-state index is -0.828. The molecule has 3 atom stereocenters. The fraction of sp³-hybridized carbons (Fsp3) is 0.194. The Morgan fingerprint density at radius 2 is 1.67 bits per heavy atom. The lowest BCUT2D eigenvalue weighted by molar-refractivity contribution is -0.122. The van der Waals surface area contributed by atoms with E-state index in [-0.39, 0.29) is 24.0 Å². The smallest absolute Gasteiger partial charge is 0.338 e. The summed E-state index contributed by atoms with van der Waals surface area (Å²) in [6, 6.07) is 24.7.